The Hall–Kier alpha value is -1.40. The van der Waals surface area contributed by atoms with Crippen molar-refractivity contribution in [3.8, 4) is 5.88 Å². The summed E-state index contributed by atoms with van der Waals surface area (Å²) in [5.41, 5.74) is 0. The zero-order valence-corrected chi connectivity index (χ0v) is 10.8. The fourth-order valence-corrected chi connectivity index (χ4v) is 1.70. The molecule has 1 unspecified atom stereocenters. The highest BCUT2D eigenvalue weighted by atomic mass is 16.5. The minimum Gasteiger partial charge on any atom is -0.474 e. The summed E-state index contributed by atoms with van der Waals surface area (Å²) in [6.45, 7) is 7.19. The summed E-state index contributed by atoms with van der Waals surface area (Å²) in [5.74, 6) is 1.25. The monoisotopic (exact) mass is 252 g/mol. The summed E-state index contributed by atoms with van der Waals surface area (Å²) >= 11 is 0. The van der Waals surface area contributed by atoms with Gasteiger partial charge in [-0.2, -0.15) is 4.98 Å². The van der Waals surface area contributed by atoms with Gasteiger partial charge in [0.15, 0.2) is 0 Å². The number of hydrogen-bond acceptors (Lipinski definition) is 6. The quantitative estimate of drug-likeness (QED) is 0.802. The summed E-state index contributed by atoms with van der Waals surface area (Å²) in [5, 5.41) is 6.49. The minimum absolute atomic E-state index is 0.0976. The summed E-state index contributed by atoms with van der Waals surface area (Å²) in [6, 6.07) is 0. The van der Waals surface area contributed by atoms with Crippen molar-refractivity contribution in [2.24, 2.45) is 0 Å². The number of rotatable bonds is 5. The second kappa shape index (κ2) is 6.51. The molecule has 0 saturated carbocycles. The lowest BCUT2D eigenvalue weighted by Crippen LogP contribution is -2.42. The van der Waals surface area contributed by atoms with Gasteiger partial charge in [-0.05, 0) is 13.8 Å². The maximum atomic E-state index is 5.59. The van der Waals surface area contributed by atoms with E-state index in [4.69, 9.17) is 9.47 Å². The van der Waals surface area contributed by atoms with Gasteiger partial charge in [-0.3, -0.25) is 4.98 Å². The first-order valence-corrected chi connectivity index (χ1v) is 6.29. The van der Waals surface area contributed by atoms with Crippen LogP contribution < -0.4 is 15.4 Å². The van der Waals surface area contributed by atoms with E-state index < -0.39 is 0 Å². The maximum absolute atomic E-state index is 5.59. The van der Waals surface area contributed by atoms with Crippen LogP contribution in [0.3, 0.4) is 0 Å². The molecule has 0 bridgehead atoms. The molecule has 1 aliphatic rings. The first-order chi connectivity index (χ1) is 8.74. The number of nitrogens with zero attached hydrogens (tertiary/aromatic N) is 2. The van der Waals surface area contributed by atoms with Crippen LogP contribution in [0.4, 0.5) is 5.82 Å². The Bertz CT molecular complexity index is 367. The lowest BCUT2D eigenvalue weighted by Gasteiger charge is -2.23. The van der Waals surface area contributed by atoms with E-state index in [1.165, 1.54) is 0 Å². The van der Waals surface area contributed by atoms with Gasteiger partial charge in [0.1, 0.15) is 5.82 Å². The Kier molecular flexibility index (Phi) is 4.72. The molecule has 0 amide bonds. The molecule has 1 atom stereocenters. The van der Waals surface area contributed by atoms with Crippen molar-refractivity contribution in [3.05, 3.63) is 12.4 Å². The largest absolute Gasteiger partial charge is 0.474 e. The second-order valence-corrected chi connectivity index (χ2v) is 4.49. The highest BCUT2D eigenvalue weighted by molar-refractivity contribution is 5.33. The standard InChI is InChI=1S/C12H20N4O2/c1-9(2)18-12-8-14-7-11(16-12)15-6-10-5-13-3-4-17-10/h7-10,13H,3-6H2,1-2H3,(H,15,16). The van der Waals surface area contributed by atoms with Crippen LogP contribution in [0.2, 0.25) is 0 Å². The highest BCUT2D eigenvalue weighted by Gasteiger charge is 2.13. The third-order valence-electron chi connectivity index (χ3n) is 2.48. The van der Waals surface area contributed by atoms with Gasteiger partial charge in [0.2, 0.25) is 5.88 Å². The van der Waals surface area contributed by atoms with Crippen LogP contribution in [0.15, 0.2) is 12.4 Å². The zero-order valence-electron chi connectivity index (χ0n) is 10.8. The molecule has 1 aromatic rings. The second-order valence-electron chi connectivity index (χ2n) is 4.49. The third-order valence-corrected chi connectivity index (χ3v) is 2.48. The van der Waals surface area contributed by atoms with Gasteiger partial charge < -0.3 is 20.1 Å². The summed E-state index contributed by atoms with van der Waals surface area (Å²) in [4.78, 5) is 8.42. The Balaban J connectivity index is 1.84. The van der Waals surface area contributed by atoms with Crippen LogP contribution in [-0.2, 0) is 4.74 Å². The molecule has 100 valence electrons. The fraction of sp³-hybridized carbons (Fsp3) is 0.667. The SMILES string of the molecule is CC(C)Oc1cncc(NCC2CNCCO2)n1. The molecule has 2 rings (SSSR count). The van der Waals surface area contributed by atoms with Gasteiger partial charge in [0, 0.05) is 19.6 Å². The molecule has 6 nitrogen and oxygen atoms in total. The highest BCUT2D eigenvalue weighted by Crippen LogP contribution is 2.11. The molecule has 0 spiro atoms. The van der Waals surface area contributed by atoms with Gasteiger partial charge in [-0.1, -0.05) is 0 Å². The summed E-state index contributed by atoms with van der Waals surface area (Å²) in [7, 11) is 0. The van der Waals surface area contributed by atoms with E-state index >= 15 is 0 Å². The van der Waals surface area contributed by atoms with Crippen molar-refractivity contribution in [3.63, 3.8) is 0 Å². The van der Waals surface area contributed by atoms with E-state index in [1.807, 2.05) is 13.8 Å². The third kappa shape index (κ3) is 4.12. The van der Waals surface area contributed by atoms with Gasteiger partial charge >= 0.3 is 0 Å². The number of nitrogens with one attached hydrogen (secondary N) is 2. The molecule has 1 saturated heterocycles. The van der Waals surface area contributed by atoms with E-state index in [2.05, 4.69) is 20.6 Å². The van der Waals surface area contributed by atoms with E-state index in [-0.39, 0.29) is 12.2 Å². The molecule has 0 aliphatic carbocycles. The molecule has 0 aromatic carbocycles. The van der Waals surface area contributed by atoms with E-state index in [0.717, 1.165) is 19.7 Å². The van der Waals surface area contributed by atoms with E-state index in [0.29, 0.717) is 18.2 Å². The van der Waals surface area contributed by atoms with Crippen LogP contribution in [-0.4, -0.2) is 48.4 Å². The van der Waals surface area contributed by atoms with Crippen LogP contribution in [0, 0.1) is 0 Å². The van der Waals surface area contributed by atoms with Crippen LogP contribution in [0.5, 0.6) is 5.88 Å². The predicted octanol–water partition coefficient (Wildman–Crippen LogP) is 0.664. The molecule has 2 heterocycles. The molecular weight excluding hydrogens is 232 g/mol. The number of ether oxygens (including phenoxy) is 2. The predicted molar refractivity (Wildman–Crippen MR) is 68.9 cm³/mol. The van der Waals surface area contributed by atoms with Crippen molar-refractivity contribution in [2.75, 3.05) is 31.6 Å². The van der Waals surface area contributed by atoms with Crippen molar-refractivity contribution < 1.29 is 9.47 Å². The number of aromatic nitrogens is 2. The summed E-state index contributed by atoms with van der Waals surface area (Å²) < 4.78 is 11.1. The topological polar surface area (TPSA) is 68.3 Å². The van der Waals surface area contributed by atoms with Crippen LogP contribution >= 0.6 is 0 Å². The van der Waals surface area contributed by atoms with Crippen LogP contribution in [0.1, 0.15) is 13.8 Å². The Morgan fingerprint density at radius 1 is 1.56 bits per heavy atom. The van der Waals surface area contributed by atoms with Crippen molar-refractivity contribution in [1.29, 1.82) is 0 Å². The van der Waals surface area contributed by atoms with Gasteiger partial charge in [-0.25, -0.2) is 0 Å². The molecule has 1 aromatic heterocycles. The molecule has 0 radical (unpaired) electrons. The molecule has 6 heteroatoms. The Morgan fingerprint density at radius 3 is 3.17 bits per heavy atom. The van der Waals surface area contributed by atoms with Crippen molar-refractivity contribution >= 4 is 5.82 Å². The molecular formula is C12H20N4O2. The number of anilines is 1. The molecule has 2 N–H and O–H groups in total. The smallest absolute Gasteiger partial charge is 0.234 e. The molecule has 1 fully saturated rings. The summed E-state index contributed by atoms with van der Waals surface area (Å²) in [6.07, 6.45) is 3.57. The Morgan fingerprint density at radius 2 is 2.44 bits per heavy atom. The van der Waals surface area contributed by atoms with Crippen molar-refractivity contribution in [2.45, 2.75) is 26.1 Å². The molecule has 18 heavy (non-hydrogen) atoms. The normalized spacial score (nSPS) is 19.8. The first-order valence-electron chi connectivity index (χ1n) is 6.29. The van der Waals surface area contributed by atoms with Gasteiger partial charge in [0.05, 0.1) is 31.2 Å². The lowest BCUT2D eigenvalue weighted by molar-refractivity contribution is 0.0371. The number of hydrogen-bond donors (Lipinski definition) is 2. The van der Waals surface area contributed by atoms with Gasteiger partial charge in [-0.15, -0.1) is 0 Å². The Labute approximate surface area is 107 Å². The fourth-order valence-electron chi connectivity index (χ4n) is 1.70. The molecule has 1 aliphatic heterocycles. The van der Waals surface area contributed by atoms with E-state index in [9.17, 15) is 0 Å². The van der Waals surface area contributed by atoms with E-state index in [1.54, 1.807) is 12.4 Å². The average molecular weight is 252 g/mol. The average Bonchev–Trinajstić information content (AvgIpc) is 2.37. The first kappa shape index (κ1) is 13.0. The number of morpholine rings is 1. The van der Waals surface area contributed by atoms with Crippen LogP contribution in [0.25, 0.3) is 0 Å². The van der Waals surface area contributed by atoms with Crippen molar-refractivity contribution in [1.82, 2.24) is 15.3 Å². The zero-order chi connectivity index (χ0) is 12.8. The lowest BCUT2D eigenvalue weighted by atomic mass is 10.3. The van der Waals surface area contributed by atoms with Gasteiger partial charge in [0.25, 0.3) is 0 Å². The minimum atomic E-state index is 0.0976. The maximum Gasteiger partial charge on any atom is 0.234 e.